The number of amides is 1. The van der Waals surface area contributed by atoms with Crippen LogP contribution in [-0.4, -0.2) is 21.0 Å². The van der Waals surface area contributed by atoms with E-state index in [2.05, 4.69) is 21.2 Å². The van der Waals surface area contributed by atoms with Crippen LogP contribution in [0.2, 0.25) is 0 Å². The zero-order valence-corrected chi connectivity index (χ0v) is 11.6. The first-order valence-electron chi connectivity index (χ1n) is 4.12. The van der Waals surface area contributed by atoms with E-state index in [0.29, 0.717) is 5.56 Å². The summed E-state index contributed by atoms with van der Waals surface area (Å²) in [5.41, 5.74) is 0.358. The molecule has 0 unspecified atom stereocenters. The third-order valence-electron chi connectivity index (χ3n) is 1.68. The van der Waals surface area contributed by atoms with Crippen molar-refractivity contribution in [1.82, 2.24) is 5.32 Å². The number of hydrogen-bond acceptors (Lipinski definition) is 2. The zero-order chi connectivity index (χ0) is 12.3. The lowest BCUT2D eigenvalue weighted by Crippen LogP contribution is -2.43. The van der Waals surface area contributed by atoms with E-state index in [1.807, 2.05) is 0 Å². The molecule has 0 saturated carbocycles. The van der Waals surface area contributed by atoms with Gasteiger partial charge in [-0.1, -0.05) is 50.7 Å². The molecule has 0 heterocycles. The average molecular weight is 347 g/mol. The van der Waals surface area contributed by atoms with E-state index in [1.165, 1.54) is 0 Å². The predicted octanol–water partition coefficient (Wildman–Crippen LogP) is 2.87. The fraction of sp³-hybridized carbons (Fsp3) is 0.222. The van der Waals surface area contributed by atoms with Gasteiger partial charge in [0, 0.05) is 10.0 Å². The number of benzene rings is 1. The molecule has 1 aromatic rings. The molecule has 0 aliphatic heterocycles. The third-order valence-corrected chi connectivity index (χ3v) is 2.83. The van der Waals surface area contributed by atoms with Crippen LogP contribution in [0.5, 0.6) is 0 Å². The molecule has 0 bridgehead atoms. The monoisotopic (exact) mass is 345 g/mol. The summed E-state index contributed by atoms with van der Waals surface area (Å²) in [5.74, 6) is -0.522. The average Bonchev–Trinajstić information content (AvgIpc) is 2.17. The summed E-state index contributed by atoms with van der Waals surface area (Å²) in [4.78, 5) is 11.6. The van der Waals surface area contributed by atoms with Crippen LogP contribution in [0.15, 0.2) is 28.7 Å². The second-order valence-electron chi connectivity index (χ2n) is 2.92. The highest BCUT2D eigenvalue weighted by atomic mass is 79.9. The number of nitrogens with one attached hydrogen (secondary N) is 1. The highest BCUT2D eigenvalue weighted by molar-refractivity contribution is 9.10. The number of alkyl halides is 3. The number of carbonyl (C=O) groups excluding carboxylic acids is 1. The summed E-state index contributed by atoms with van der Waals surface area (Å²) < 4.78 is -1.11. The normalized spacial score (nSPS) is 13.3. The van der Waals surface area contributed by atoms with Gasteiger partial charge in [0.2, 0.25) is 3.79 Å². The minimum Gasteiger partial charge on any atom is -0.369 e. The first-order chi connectivity index (χ1) is 7.30. The molecule has 1 atom stereocenters. The van der Waals surface area contributed by atoms with Gasteiger partial charge in [-0.05, 0) is 24.3 Å². The van der Waals surface area contributed by atoms with Crippen LogP contribution in [0.25, 0.3) is 0 Å². The molecule has 0 aromatic heterocycles. The van der Waals surface area contributed by atoms with Crippen molar-refractivity contribution in [2.45, 2.75) is 10.0 Å². The maximum atomic E-state index is 11.6. The lowest BCUT2D eigenvalue weighted by atomic mass is 10.2. The largest absolute Gasteiger partial charge is 0.369 e. The Bertz CT molecular complexity index is 377. The van der Waals surface area contributed by atoms with Crippen molar-refractivity contribution in [2.24, 2.45) is 0 Å². The minimum absolute atomic E-state index is 0.358. The molecule has 7 heteroatoms. The number of aliphatic hydroxyl groups excluding tert-OH is 1. The van der Waals surface area contributed by atoms with Crippen molar-refractivity contribution in [3.63, 3.8) is 0 Å². The molecule has 0 spiro atoms. The van der Waals surface area contributed by atoms with Gasteiger partial charge in [-0.15, -0.1) is 0 Å². The molecule has 88 valence electrons. The van der Waals surface area contributed by atoms with E-state index >= 15 is 0 Å². The quantitative estimate of drug-likeness (QED) is 0.638. The Morgan fingerprint density at radius 1 is 1.31 bits per heavy atom. The SMILES string of the molecule is O=C(N[C@@H](O)C(Cl)(Cl)Cl)c1ccc(Br)cc1. The molecule has 1 amide bonds. The summed E-state index contributed by atoms with van der Waals surface area (Å²) >= 11 is 19.4. The standard InChI is InChI=1S/C9H7BrCl3NO2/c10-6-3-1-5(2-4-6)7(15)14-8(16)9(11,12)13/h1-4,8,16H,(H,14,15)/t8-/m0/s1. The van der Waals surface area contributed by atoms with Gasteiger partial charge in [-0.25, -0.2) is 0 Å². The van der Waals surface area contributed by atoms with Gasteiger partial charge < -0.3 is 10.4 Å². The molecule has 0 radical (unpaired) electrons. The molecule has 3 nitrogen and oxygen atoms in total. The Morgan fingerprint density at radius 2 is 1.81 bits per heavy atom. The van der Waals surface area contributed by atoms with Crippen molar-refractivity contribution in [3.05, 3.63) is 34.3 Å². The van der Waals surface area contributed by atoms with Crippen LogP contribution < -0.4 is 5.32 Å². The highest BCUT2D eigenvalue weighted by Crippen LogP contribution is 2.29. The number of hydrogen-bond donors (Lipinski definition) is 2. The molecule has 0 aliphatic rings. The van der Waals surface area contributed by atoms with Crippen LogP contribution in [0.3, 0.4) is 0 Å². The summed E-state index contributed by atoms with van der Waals surface area (Å²) in [6, 6.07) is 6.53. The zero-order valence-electron chi connectivity index (χ0n) is 7.75. The van der Waals surface area contributed by atoms with Gasteiger partial charge in [0.1, 0.15) is 0 Å². The highest BCUT2D eigenvalue weighted by Gasteiger charge is 2.32. The maximum Gasteiger partial charge on any atom is 0.253 e. The fourth-order valence-corrected chi connectivity index (χ4v) is 1.32. The van der Waals surface area contributed by atoms with E-state index < -0.39 is 15.9 Å². The van der Waals surface area contributed by atoms with Gasteiger partial charge in [0.25, 0.3) is 5.91 Å². The minimum atomic E-state index is -1.95. The summed E-state index contributed by atoms with van der Waals surface area (Å²) in [7, 11) is 0. The molecule has 0 saturated heterocycles. The lowest BCUT2D eigenvalue weighted by molar-refractivity contribution is 0.0792. The van der Waals surface area contributed by atoms with E-state index in [4.69, 9.17) is 34.8 Å². The number of rotatable bonds is 2. The molecule has 2 N–H and O–H groups in total. The first kappa shape index (κ1) is 14.1. The summed E-state index contributed by atoms with van der Waals surface area (Å²) in [5, 5.41) is 11.5. The van der Waals surface area contributed by atoms with Gasteiger partial charge in [0.05, 0.1) is 0 Å². The second-order valence-corrected chi connectivity index (χ2v) is 6.21. The van der Waals surface area contributed by atoms with Crippen LogP contribution in [0, 0.1) is 0 Å². The Kier molecular flexibility index (Phi) is 4.88. The van der Waals surface area contributed by atoms with Crippen molar-refractivity contribution in [3.8, 4) is 0 Å². The van der Waals surface area contributed by atoms with Gasteiger partial charge >= 0.3 is 0 Å². The number of halogens is 4. The Morgan fingerprint density at radius 3 is 2.25 bits per heavy atom. The van der Waals surface area contributed by atoms with Crippen molar-refractivity contribution < 1.29 is 9.90 Å². The molecule has 1 rings (SSSR count). The Labute approximate surface area is 116 Å². The Hall–Kier alpha value is -0.000000000000000167. The van der Waals surface area contributed by atoms with Gasteiger partial charge in [-0.3, -0.25) is 4.79 Å². The summed E-state index contributed by atoms with van der Waals surface area (Å²) in [6.07, 6.45) is -1.56. The van der Waals surface area contributed by atoms with E-state index in [9.17, 15) is 9.90 Å². The van der Waals surface area contributed by atoms with E-state index in [0.717, 1.165) is 4.47 Å². The van der Waals surface area contributed by atoms with Crippen LogP contribution in [-0.2, 0) is 0 Å². The molecule has 1 aromatic carbocycles. The van der Waals surface area contributed by atoms with Crippen molar-refractivity contribution >= 4 is 56.6 Å². The van der Waals surface area contributed by atoms with Crippen molar-refractivity contribution in [1.29, 1.82) is 0 Å². The summed E-state index contributed by atoms with van der Waals surface area (Å²) in [6.45, 7) is 0. The molecular formula is C9H7BrCl3NO2. The van der Waals surface area contributed by atoms with Crippen LogP contribution >= 0.6 is 50.7 Å². The third kappa shape index (κ3) is 4.11. The van der Waals surface area contributed by atoms with E-state index in [1.54, 1.807) is 24.3 Å². The van der Waals surface area contributed by atoms with Crippen LogP contribution in [0.1, 0.15) is 10.4 Å². The van der Waals surface area contributed by atoms with Crippen molar-refractivity contribution in [2.75, 3.05) is 0 Å². The second kappa shape index (κ2) is 5.56. The molecular weight excluding hydrogens is 340 g/mol. The molecule has 0 aliphatic carbocycles. The lowest BCUT2D eigenvalue weighted by Gasteiger charge is -2.19. The smallest absolute Gasteiger partial charge is 0.253 e. The van der Waals surface area contributed by atoms with E-state index in [-0.39, 0.29) is 0 Å². The first-order valence-corrected chi connectivity index (χ1v) is 6.04. The number of carbonyl (C=O) groups is 1. The van der Waals surface area contributed by atoms with Crippen LogP contribution in [0.4, 0.5) is 0 Å². The number of aliphatic hydroxyl groups is 1. The fourth-order valence-electron chi connectivity index (χ4n) is 0.891. The molecule has 16 heavy (non-hydrogen) atoms. The predicted molar refractivity (Wildman–Crippen MR) is 67.9 cm³/mol. The van der Waals surface area contributed by atoms with Gasteiger partial charge in [0.15, 0.2) is 6.23 Å². The topological polar surface area (TPSA) is 49.3 Å². The molecule has 0 fully saturated rings. The van der Waals surface area contributed by atoms with Gasteiger partial charge in [-0.2, -0.15) is 0 Å². The maximum absolute atomic E-state index is 11.6. The Balaban J connectivity index is 2.70.